The van der Waals surface area contributed by atoms with Crippen molar-refractivity contribution >= 4 is 29.1 Å². The highest BCUT2D eigenvalue weighted by atomic mass is 35.5. The SMILES string of the molecule is COc1c(Cl)cc(Cl)c(O)c1C(=O)NC[C@H]1CCCN1CCC(C)F. The van der Waals surface area contributed by atoms with Crippen LogP contribution in [0.15, 0.2) is 6.07 Å². The fourth-order valence-corrected chi connectivity index (χ4v) is 3.61. The topological polar surface area (TPSA) is 61.8 Å². The van der Waals surface area contributed by atoms with Crippen molar-refractivity contribution in [3.63, 3.8) is 0 Å². The molecule has 140 valence electrons. The Hall–Kier alpha value is -1.24. The van der Waals surface area contributed by atoms with Gasteiger partial charge in [-0.15, -0.1) is 0 Å². The molecule has 5 nitrogen and oxygen atoms in total. The van der Waals surface area contributed by atoms with Crippen LogP contribution in [0, 0.1) is 0 Å². The molecule has 1 unspecified atom stereocenters. The summed E-state index contributed by atoms with van der Waals surface area (Å²) in [4.78, 5) is 14.7. The van der Waals surface area contributed by atoms with E-state index in [-0.39, 0.29) is 33.1 Å². The highest BCUT2D eigenvalue weighted by molar-refractivity contribution is 6.37. The third-order valence-corrected chi connectivity index (χ3v) is 4.97. The number of hydrogen-bond donors (Lipinski definition) is 2. The molecule has 1 amide bonds. The minimum atomic E-state index is -0.842. The van der Waals surface area contributed by atoms with E-state index in [0.29, 0.717) is 19.5 Å². The number of aromatic hydroxyl groups is 1. The fraction of sp³-hybridized carbons (Fsp3) is 0.588. The molecule has 0 saturated carbocycles. The number of halogens is 3. The van der Waals surface area contributed by atoms with E-state index < -0.39 is 12.1 Å². The first-order chi connectivity index (χ1) is 11.8. The summed E-state index contributed by atoms with van der Waals surface area (Å²) in [5, 5.41) is 13.0. The van der Waals surface area contributed by atoms with Gasteiger partial charge in [0.2, 0.25) is 0 Å². The molecular weight excluding hydrogens is 370 g/mol. The predicted octanol–water partition coefficient (Wildman–Crippen LogP) is 3.65. The number of hydrogen-bond acceptors (Lipinski definition) is 4. The Morgan fingerprint density at radius 2 is 2.24 bits per heavy atom. The molecule has 1 aliphatic rings. The molecule has 0 aliphatic carbocycles. The molecule has 8 heteroatoms. The zero-order chi connectivity index (χ0) is 18.6. The second kappa shape index (κ2) is 8.92. The lowest BCUT2D eigenvalue weighted by Gasteiger charge is -2.25. The number of rotatable bonds is 7. The molecule has 2 rings (SSSR count). The lowest BCUT2D eigenvalue weighted by atomic mass is 10.1. The first kappa shape index (κ1) is 20.1. The Morgan fingerprint density at radius 3 is 2.88 bits per heavy atom. The number of carbonyl (C=O) groups is 1. The van der Waals surface area contributed by atoms with Crippen LogP contribution < -0.4 is 10.1 Å². The summed E-state index contributed by atoms with van der Waals surface area (Å²) >= 11 is 11.9. The number of benzene rings is 1. The van der Waals surface area contributed by atoms with Gasteiger partial charge in [0.25, 0.3) is 5.91 Å². The molecule has 0 radical (unpaired) electrons. The van der Waals surface area contributed by atoms with Crippen molar-refractivity contribution in [2.75, 3.05) is 26.7 Å². The first-order valence-corrected chi connectivity index (χ1v) is 9.02. The predicted molar refractivity (Wildman–Crippen MR) is 96.8 cm³/mol. The van der Waals surface area contributed by atoms with Crippen molar-refractivity contribution in [2.45, 2.75) is 38.4 Å². The van der Waals surface area contributed by atoms with Gasteiger partial charge in [-0.25, -0.2) is 4.39 Å². The average Bonchev–Trinajstić information content (AvgIpc) is 3.01. The first-order valence-electron chi connectivity index (χ1n) is 8.26. The van der Waals surface area contributed by atoms with Crippen LogP contribution in [0.25, 0.3) is 0 Å². The Kier molecular flexibility index (Phi) is 7.16. The van der Waals surface area contributed by atoms with Crippen LogP contribution in [0.1, 0.15) is 36.5 Å². The number of amides is 1. The Balaban J connectivity index is 2.05. The lowest BCUT2D eigenvalue weighted by molar-refractivity contribution is 0.0933. The third-order valence-electron chi connectivity index (χ3n) is 4.40. The maximum absolute atomic E-state index is 13.1. The van der Waals surface area contributed by atoms with Crippen LogP contribution in [-0.4, -0.2) is 54.9 Å². The maximum Gasteiger partial charge on any atom is 0.259 e. The van der Waals surface area contributed by atoms with E-state index in [1.807, 2.05) is 0 Å². The number of phenols is 1. The number of carbonyl (C=O) groups excluding carboxylic acids is 1. The van der Waals surface area contributed by atoms with Crippen molar-refractivity contribution in [3.05, 3.63) is 21.7 Å². The van der Waals surface area contributed by atoms with E-state index in [1.54, 1.807) is 6.92 Å². The van der Waals surface area contributed by atoms with E-state index >= 15 is 0 Å². The number of ether oxygens (including phenoxy) is 1. The van der Waals surface area contributed by atoms with E-state index in [9.17, 15) is 14.3 Å². The van der Waals surface area contributed by atoms with Crippen molar-refractivity contribution in [3.8, 4) is 11.5 Å². The smallest absolute Gasteiger partial charge is 0.259 e. The zero-order valence-corrected chi connectivity index (χ0v) is 15.8. The van der Waals surface area contributed by atoms with Crippen LogP contribution >= 0.6 is 23.2 Å². The standard InChI is InChI=1S/C17H23Cl2FN2O3/c1-10(20)5-7-22-6-3-4-11(22)9-21-17(24)14-15(23)12(18)8-13(19)16(14)25-2/h8,10-11,23H,3-7,9H2,1-2H3,(H,21,24)/t10?,11-/m1/s1. The minimum Gasteiger partial charge on any atom is -0.505 e. The highest BCUT2D eigenvalue weighted by Gasteiger charge is 2.27. The Labute approximate surface area is 157 Å². The van der Waals surface area contributed by atoms with Gasteiger partial charge in [-0.1, -0.05) is 23.2 Å². The highest BCUT2D eigenvalue weighted by Crippen LogP contribution is 2.40. The largest absolute Gasteiger partial charge is 0.505 e. The van der Waals surface area contributed by atoms with Crippen LogP contribution in [0.3, 0.4) is 0 Å². The minimum absolute atomic E-state index is 0.0182. The van der Waals surface area contributed by atoms with E-state index in [4.69, 9.17) is 27.9 Å². The monoisotopic (exact) mass is 392 g/mol. The van der Waals surface area contributed by atoms with Gasteiger partial charge in [0.1, 0.15) is 5.56 Å². The lowest BCUT2D eigenvalue weighted by Crippen LogP contribution is -2.41. The molecule has 1 fully saturated rings. The molecule has 1 aromatic rings. The quantitative estimate of drug-likeness (QED) is 0.743. The summed E-state index contributed by atoms with van der Waals surface area (Å²) in [6.07, 6.45) is 1.58. The zero-order valence-electron chi connectivity index (χ0n) is 14.3. The number of nitrogens with one attached hydrogen (secondary N) is 1. The van der Waals surface area contributed by atoms with Gasteiger partial charge < -0.3 is 15.2 Å². The number of likely N-dealkylation sites (tertiary alicyclic amines) is 1. The van der Waals surface area contributed by atoms with Gasteiger partial charge >= 0.3 is 0 Å². The Bertz CT molecular complexity index is 628. The van der Waals surface area contributed by atoms with E-state index in [2.05, 4.69) is 10.2 Å². The van der Waals surface area contributed by atoms with Gasteiger partial charge in [-0.3, -0.25) is 9.69 Å². The number of phenolic OH excluding ortho intramolecular Hbond substituents is 1. The Morgan fingerprint density at radius 1 is 1.52 bits per heavy atom. The molecule has 1 aromatic carbocycles. The third kappa shape index (κ3) is 4.90. The van der Waals surface area contributed by atoms with Crippen LogP contribution in [0.4, 0.5) is 4.39 Å². The second-order valence-electron chi connectivity index (χ2n) is 6.21. The number of alkyl halides is 1. The van der Waals surface area contributed by atoms with Crippen LogP contribution in [0.2, 0.25) is 10.0 Å². The molecule has 1 heterocycles. The second-order valence-corrected chi connectivity index (χ2v) is 7.02. The normalized spacial score (nSPS) is 19.0. The van der Waals surface area contributed by atoms with Gasteiger partial charge in [0, 0.05) is 19.1 Å². The van der Waals surface area contributed by atoms with Crippen LogP contribution in [0.5, 0.6) is 11.5 Å². The van der Waals surface area contributed by atoms with Crippen molar-refractivity contribution < 1.29 is 19.0 Å². The summed E-state index contributed by atoms with van der Waals surface area (Å²) in [5.74, 6) is -0.796. The van der Waals surface area contributed by atoms with Gasteiger partial charge in [0.05, 0.1) is 23.3 Å². The number of nitrogens with zero attached hydrogens (tertiary/aromatic N) is 1. The van der Waals surface area contributed by atoms with Gasteiger partial charge in [0.15, 0.2) is 11.5 Å². The summed E-state index contributed by atoms with van der Waals surface area (Å²) in [5.41, 5.74) is -0.0815. The summed E-state index contributed by atoms with van der Waals surface area (Å²) < 4.78 is 18.2. The maximum atomic E-state index is 13.1. The van der Waals surface area contributed by atoms with Gasteiger partial charge in [-0.05, 0) is 38.8 Å². The molecule has 0 aromatic heterocycles. The molecule has 2 N–H and O–H groups in total. The molecule has 0 spiro atoms. The van der Waals surface area contributed by atoms with Crippen molar-refractivity contribution in [1.29, 1.82) is 0 Å². The molecule has 1 saturated heterocycles. The molecular formula is C17H23Cl2FN2O3. The van der Waals surface area contributed by atoms with Gasteiger partial charge in [-0.2, -0.15) is 0 Å². The molecule has 2 atom stereocenters. The average molecular weight is 393 g/mol. The molecule has 1 aliphatic heterocycles. The van der Waals surface area contributed by atoms with E-state index in [0.717, 1.165) is 19.4 Å². The van der Waals surface area contributed by atoms with Crippen LogP contribution in [-0.2, 0) is 0 Å². The van der Waals surface area contributed by atoms with Crippen molar-refractivity contribution in [2.24, 2.45) is 0 Å². The summed E-state index contributed by atoms with van der Waals surface area (Å²) in [7, 11) is 1.36. The van der Waals surface area contributed by atoms with E-state index in [1.165, 1.54) is 13.2 Å². The molecule has 0 bridgehead atoms. The molecule has 25 heavy (non-hydrogen) atoms. The number of methoxy groups -OCH3 is 1. The fourth-order valence-electron chi connectivity index (χ4n) is 3.07. The summed E-state index contributed by atoms with van der Waals surface area (Å²) in [6.45, 7) is 3.50. The van der Waals surface area contributed by atoms with Crippen molar-refractivity contribution in [1.82, 2.24) is 10.2 Å². The summed E-state index contributed by atoms with van der Waals surface area (Å²) in [6, 6.07) is 1.47.